The van der Waals surface area contributed by atoms with Crippen LogP contribution in [0.15, 0.2) is 70.9 Å². The Kier molecular flexibility index (Phi) is 2.96. The molecule has 86 valence electrons. The fourth-order valence-corrected chi connectivity index (χ4v) is 2.72. The van der Waals surface area contributed by atoms with Crippen LogP contribution < -0.4 is 0 Å². The van der Waals surface area contributed by atoms with Crippen LogP contribution in [-0.4, -0.2) is 0 Å². The molecule has 0 N–H and O–H groups in total. The van der Waals surface area contributed by atoms with Crippen molar-refractivity contribution in [2.75, 3.05) is 0 Å². The summed E-state index contributed by atoms with van der Waals surface area (Å²) in [5.74, 6) is 0. The van der Waals surface area contributed by atoms with Gasteiger partial charge in [0.25, 0.3) is 0 Å². The molecule has 3 rings (SSSR count). The largest absolute Gasteiger partial charge is 0.0804 e. The summed E-state index contributed by atoms with van der Waals surface area (Å²) in [6.45, 7) is 0. The van der Waals surface area contributed by atoms with Crippen molar-refractivity contribution in [3.63, 3.8) is 0 Å². The number of rotatable bonds is 4. The van der Waals surface area contributed by atoms with E-state index in [1.807, 2.05) is 0 Å². The Bertz CT molecular complexity index is 444. The molecule has 3 aliphatic carbocycles. The Morgan fingerprint density at radius 2 is 1.18 bits per heavy atom. The van der Waals surface area contributed by atoms with E-state index >= 15 is 0 Å². The van der Waals surface area contributed by atoms with Gasteiger partial charge in [0, 0.05) is 0 Å². The molecule has 0 saturated heterocycles. The molecule has 0 amide bonds. The molecule has 17 heavy (non-hydrogen) atoms. The third-order valence-corrected chi connectivity index (χ3v) is 3.61. The molecule has 0 radical (unpaired) electrons. The molecule has 0 fully saturated rings. The molecule has 0 bridgehead atoms. The smallest absolute Gasteiger partial charge is 0.00958 e. The van der Waals surface area contributed by atoms with E-state index in [2.05, 4.69) is 48.6 Å². The molecular weight excluding hydrogens is 204 g/mol. The van der Waals surface area contributed by atoms with Crippen molar-refractivity contribution in [2.45, 2.75) is 32.1 Å². The first kappa shape index (κ1) is 10.6. The topological polar surface area (TPSA) is 0 Å². The van der Waals surface area contributed by atoms with Gasteiger partial charge in [-0.25, -0.2) is 0 Å². The van der Waals surface area contributed by atoms with Crippen molar-refractivity contribution < 1.29 is 0 Å². The van der Waals surface area contributed by atoms with Gasteiger partial charge in [-0.05, 0) is 32.1 Å². The van der Waals surface area contributed by atoms with Gasteiger partial charge in [0.05, 0.1) is 0 Å². The molecule has 0 aromatic carbocycles. The van der Waals surface area contributed by atoms with Crippen LogP contribution in [0.25, 0.3) is 0 Å². The first-order chi connectivity index (χ1) is 8.40. The van der Waals surface area contributed by atoms with Crippen LogP contribution in [0.3, 0.4) is 0 Å². The van der Waals surface area contributed by atoms with Gasteiger partial charge >= 0.3 is 0 Å². The highest BCUT2D eigenvalue weighted by Gasteiger charge is 2.12. The zero-order valence-corrected chi connectivity index (χ0v) is 10.2. The highest BCUT2D eigenvalue weighted by molar-refractivity contribution is 5.39. The highest BCUT2D eigenvalue weighted by atomic mass is 14.2. The van der Waals surface area contributed by atoms with E-state index in [4.69, 9.17) is 0 Å². The molecule has 0 unspecified atom stereocenters. The van der Waals surface area contributed by atoms with E-state index in [0.29, 0.717) is 0 Å². The van der Waals surface area contributed by atoms with E-state index in [1.165, 1.54) is 19.3 Å². The van der Waals surface area contributed by atoms with Gasteiger partial charge in [-0.1, -0.05) is 70.9 Å². The first-order valence-electron chi connectivity index (χ1n) is 6.47. The number of hydrogen-bond acceptors (Lipinski definition) is 0. The van der Waals surface area contributed by atoms with Gasteiger partial charge < -0.3 is 0 Å². The van der Waals surface area contributed by atoms with Gasteiger partial charge in [0.15, 0.2) is 0 Å². The van der Waals surface area contributed by atoms with Crippen LogP contribution in [-0.2, 0) is 0 Å². The minimum atomic E-state index is 1.15. The molecule has 0 aliphatic heterocycles. The Labute approximate surface area is 103 Å². The van der Waals surface area contributed by atoms with Crippen molar-refractivity contribution >= 4 is 0 Å². The van der Waals surface area contributed by atoms with Crippen LogP contribution in [0, 0.1) is 0 Å². The molecule has 0 atom stereocenters. The van der Waals surface area contributed by atoms with Gasteiger partial charge in [-0.15, -0.1) is 0 Å². The molecule has 0 nitrogen and oxygen atoms in total. The lowest BCUT2D eigenvalue weighted by Gasteiger charge is -2.07. The second-order valence-electron chi connectivity index (χ2n) is 5.09. The molecule has 3 aliphatic rings. The average Bonchev–Trinajstić information content (AvgIpc) is 3.02. The summed E-state index contributed by atoms with van der Waals surface area (Å²) in [6.07, 6.45) is 23.9. The zero-order valence-electron chi connectivity index (χ0n) is 10.2. The number of hydrogen-bond donors (Lipinski definition) is 0. The third-order valence-electron chi connectivity index (χ3n) is 3.61. The molecule has 0 saturated carbocycles. The molecule has 0 aromatic rings. The highest BCUT2D eigenvalue weighted by Crippen LogP contribution is 2.31. The fraction of sp³-hybridized carbons (Fsp3) is 0.294. The third kappa shape index (κ3) is 2.58. The van der Waals surface area contributed by atoms with Crippen LogP contribution in [0.2, 0.25) is 0 Å². The molecule has 0 heterocycles. The second kappa shape index (κ2) is 4.75. The van der Waals surface area contributed by atoms with Crippen LogP contribution in [0.4, 0.5) is 0 Å². The fourth-order valence-electron chi connectivity index (χ4n) is 2.72. The van der Waals surface area contributed by atoms with Crippen LogP contribution in [0.5, 0.6) is 0 Å². The molecule has 0 aromatic heterocycles. The lowest BCUT2D eigenvalue weighted by molar-refractivity contribution is 0.954. The predicted octanol–water partition coefficient (Wildman–Crippen LogP) is 4.80. The minimum absolute atomic E-state index is 1.15. The Hall–Kier alpha value is -1.56. The summed E-state index contributed by atoms with van der Waals surface area (Å²) in [5.41, 5.74) is 6.29. The Morgan fingerprint density at radius 3 is 1.59 bits per heavy atom. The Balaban J connectivity index is 1.50. The summed E-state index contributed by atoms with van der Waals surface area (Å²) in [6, 6.07) is 0. The number of allylic oxidation sites excluding steroid dienone is 12. The van der Waals surface area contributed by atoms with Crippen molar-refractivity contribution in [1.29, 1.82) is 0 Å². The maximum atomic E-state index is 2.33. The van der Waals surface area contributed by atoms with Crippen LogP contribution >= 0.6 is 0 Å². The maximum absolute atomic E-state index is 2.33. The summed E-state index contributed by atoms with van der Waals surface area (Å²) in [4.78, 5) is 0. The lowest BCUT2D eigenvalue weighted by atomic mass is 9.98. The molecule has 0 heteroatoms. The maximum Gasteiger partial charge on any atom is -0.00958 e. The normalized spacial score (nSPS) is 21.6. The van der Waals surface area contributed by atoms with Crippen molar-refractivity contribution in [1.82, 2.24) is 0 Å². The average molecular weight is 222 g/mol. The van der Waals surface area contributed by atoms with E-state index in [9.17, 15) is 0 Å². The SMILES string of the molecule is C1=CCC(CC2=CC=C(CC3=CC=CC3)C2)=C1. The lowest BCUT2D eigenvalue weighted by Crippen LogP contribution is -1.88. The van der Waals surface area contributed by atoms with Crippen molar-refractivity contribution in [3.05, 3.63) is 70.9 Å². The Morgan fingerprint density at radius 1 is 0.647 bits per heavy atom. The van der Waals surface area contributed by atoms with Gasteiger partial charge in [-0.2, -0.15) is 0 Å². The summed E-state index contributed by atoms with van der Waals surface area (Å²) in [5, 5.41) is 0. The van der Waals surface area contributed by atoms with E-state index in [1.54, 1.807) is 22.3 Å². The second-order valence-corrected chi connectivity index (χ2v) is 5.09. The molecule has 0 spiro atoms. The van der Waals surface area contributed by atoms with E-state index in [0.717, 1.165) is 12.8 Å². The monoisotopic (exact) mass is 222 g/mol. The quantitative estimate of drug-likeness (QED) is 0.641. The molecular formula is C17H18. The van der Waals surface area contributed by atoms with Crippen molar-refractivity contribution in [2.24, 2.45) is 0 Å². The van der Waals surface area contributed by atoms with Crippen molar-refractivity contribution in [3.8, 4) is 0 Å². The van der Waals surface area contributed by atoms with Gasteiger partial charge in [-0.3, -0.25) is 0 Å². The summed E-state index contributed by atoms with van der Waals surface area (Å²) >= 11 is 0. The van der Waals surface area contributed by atoms with E-state index in [-0.39, 0.29) is 0 Å². The predicted molar refractivity (Wildman–Crippen MR) is 73.7 cm³/mol. The first-order valence-corrected chi connectivity index (χ1v) is 6.47. The van der Waals surface area contributed by atoms with Gasteiger partial charge in [0.2, 0.25) is 0 Å². The van der Waals surface area contributed by atoms with E-state index < -0.39 is 0 Å². The standard InChI is InChI=1S/C17H18/c1-2-6-14(5-1)11-16-9-10-17(13-16)12-15-7-3-4-8-15/h1-5,7,9-10H,6,8,11-13H2. The van der Waals surface area contributed by atoms with Crippen LogP contribution in [0.1, 0.15) is 32.1 Å². The summed E-state index contributed by atoms with van der Waals surface area (Å²) in [7, 11) is 0. The summed E-state index contributed by atoms with van der Waals surface area (Å²) < 4.78 is 0. The van der Waals surface area contributed by atoms with Gasteiger partial charge in [0.1, 0.15) is 0 Å². The zero-order chi connectivity index (χ0) is 11.5. The minimum Gasteiger partial charge on any atom is -0.0804 e.